The van der Waals surface area contributed by atoms with Crippen molar-refractivity contribution in [3.05, 3.63) is 6.20 Å². The van der Waals surface area contributed by atoms with Crippen molar-refractivity contribution in [1.29, 1.82) is 0 Å². The van der Waals surface area contributed by atoms with Crippen molar-refractivity contribution in [2.24, 2.45) is 0 Å². The van der Waals surface area contributed by atoms with Gasteiger partial charge >= 0.3 is 0 Å². The Balaban J connectivity index is 2.57. The molecule has 1 rings (SSSR count). The minimum Gasteiger partial charge on any atom is -0.470 e. The molecule has 0 atom stereocenters. The summed E-state index contributed by atoms with van der Waals surface area (Å²) in [4.78, 5) is 10.9. The third-order valence-electron chi connectivity index (χ3n) is 1.35. The van der Waals surface area contributed by atoms with E-state index in [1.54, 1.807) is 0 Å². The van der Waals surface area contributed by atoms with Crippen molar-refractivity contribution < 1.29 is 18.3 Å². The van der Waals surface area contributed by atoms with Crippen molar-refractivity contribution in [1.82, 2.24) is 10.2 Å². The number of nitrogens with one attached hydrogen (secondary N) is 2. The van der Waals surface area contributed by atoms with Gasteiger partial charge in [0.2, 0.25) is 11.8 Å². The first-order valence-electron chi connectivity index (χ1n) is 3.93. The fourth-order valence-electron chi connectivity index (χ4n) is 0.803. The highest BCUT2D eigenvalue weighted by Gasteiger charge is 2.11. The molecule has 0 fully saturated rings. The summed E-state index contributed by atoms with van der Waals surface area (Å²) in [6.45, 7) is -0.772. The molecule has 0 aromatic carbocycles. The number of alkyl halides is 3. The van der Waals surface area contributed by atoms with Crippen LogP contribution in [0.1, 0.15) is 0 Å². The maximum absolute atomic E-state index is 11.8. The number of hydrogen-bond acceptors (Lipinski definition) is 3. The van der Waals surface area contributed by atoms with Crippen LogP contribution in [-0.4, -0.2) is 35.0 Å². The second-order valence-corrected chi connectivity index (χ2v) is 2.76. The molecule has 0 bridgehead atoms. The van der Waals surface area contributed by atoms with E-state index in [1.807, 2.05) is 0 Å². The molecule has 5 nitrogen and oxygen atoms in total. The highest BCUT2D eigenvalue weighted by Crippen LogP contribution is 2.20. The molecule has 1 aromatic rings. The van der Waals surface area contributed by atoms with Gasteiger partial charge in [0, 0.05) is 0 Å². The van der Waals surface area contributed by atoms with Gasteiger partial charge in [-0.15, -0.1) is 11.6 Å². The number of amides is 1. The van der Waals surface area contributed by atoms with Gasteiger partial charge in [0.25, 0.3) is 6.43 Å². The van der Waals surface area contributed by atoms with Crippen LogP contribution in [0, 0.1) is 0 Å². The van der Waals surface area contributed by atoms with Crippen molar-refractivity contribution >= 4 is 23.2 Å². The van der Waals surface area contributed by atoms with Crippen LogP contribution in [0.15, 0.2) is 6.20 Å². The van der Waals surface area contributed by atoms with Crippen LogP contribution >= 0.6 is 11.6 Å². The molecule has 0 aliphatic carbocycles. The first-order chi connectivity index (χ1) is 7.13. The van der Waals surface area contributed by atoms with Gasteiger partial charge in [-0.1, -0.05) is 0 Å². The van der Waals surface area contributed by atoms with Crippen LogP contribution < -0.4 is 10.1 Å². The quantitative estimate of drug-likeness (QED) is 0.760. The van der Waals surface area contributed by atoms with E-state index >= 15 is 0 Å². The molecule has 1 aromatic heterocycles. The van der Waals surface area contributed by atoms with E-state index in [1.165, 1.54) is 6.20 Å². The van der Waals surface area contributed by atoms with Gasteiger partial charge in [0.1, 0.15) is 11.6 Å². The van der Waals surface area contributed by atoms with Crippen molar-refractivity contribution in [3.63, 3.8) is 0 Å². The van der Waals surface area contributed by atoms with E-state index in [4.69, 9.17) is 11.6 Å². The molecule has 0 aliphatic heterocycles. The number of nitrogens with zero attached hydrogens (tertiary/aromatic N) is 1. The number of anilines is 1. The van der Waals surface area contributed by atoms with Gasteiger partial charge in [0.05, 0.1) is 6.20 Å². The standard InChI is InChI=1S/C7H8ClF2N3O2/c8-1-6(14)12-4-2-11-13-7(4)15-3-5(9)10/h2,5H,1,3H2,(H,11,13)(H,12,14). The first-order valence-corrected chi connectivity index (χ1v) is 4.47. The Kier molecular flexibility index (Phi) is 4.29. The number of carbonyl (C=O) groups excluding carboxylic acids is 1. The maximum Gasteiger partial charge on any atom is 0.272 e. The summed E-state index contributed by atoms with van der Waals surface area (Å²) in [6.07, 6.45) is -1.35. The molecule has 0 saturated heterocycles. The van der Waals surface area contributed by atoms with Crippen molar-refractivity contribution in [3.8, 4) is 5.88 Å². The largest absolute Gasteiger partial charge is 0.470 e. The summed E-state index contributed by atoms with van der Waals surface area (Å²) in [6, 6.07) is 0. The smallest absolute Gasteiger partial charge is 0.272 e. The summed E-state index contributed by atoms with van der Waals surface area (Å²) in [5.74, 6) is -0.729. The highest BCUT2D eigenvalue weighted by atomic mass is 35.5. The van der Waals surface area contributed by atoms with Crippen LogP contribution in [-0.2, 0) is 4.79 Å². The van der Waals surface area contributed by atoms with Gasteiger partial charge in [-0.05, 0) is 0 Å². The fraction of sp³-hybridized carbons (Fsp3) is 0.429. The number of ether oxygens (including phenoxy) is 1. The minimum atomic E-state index is -2.59. The molecule has 0 aliphatic rings. The molecule has 1 amide bonds. The Bertz CT molecular complexity index is 332. The minimum absolute atomic E-state index is 0.0197. The molecule has 0 spiro atoms. The fourth-order valence-corrected chi connectivity index (χ4v) is 0.870. The monoisotopic (exact) mass is 239 g/mol. The van der Waals surface area contributed by atoms with Crippen LogP contribution in [0.5, 0.6) is 5.88 Å². The number of aromatic amines is 1. The second kappa shape index (κ2) is 5.50. The summed E-state index contributed by atoms with van der Waals surface area (Å²) in [5, 5.41) is 8.19. The molecule has 8 heteroatoms. The van der Waals surface area contributed by atoms with Crippen molar-refractivity contribution in [2.45, 2.75) is 6.43 Å². The van der Waals surface area contributed by atoms with E-state index in [0.29, 0.717) is 0 Å². The lowest BCUT2D eigenvalue weighted by Gasteiger charge is -2.05. The molecule has 2 N–H and O–H groups in total. The Morgan fingerprint density at radius 3 is 3.07 bits per heavy atom. The number of carbonyl (C=O) groups is 1. The third kappa shape index (κ3) is 3.70. The number of halogens is 3. The van der Waals surface area contributed by atoms with E-state index < -0.39 is 18.9 Å². The van der Waals surface area contributed by atoms with E-state index in [-0.39, 0.29) is 17.4 Å². The van der Waals surface area contributed by atoms with Gasteiger partial charge in [0.15, 0.2) is 6.61 Å². The van der Waals surface area contributed by atoms with Gasteiger partial charge in [-0.25, -0.2) is 13.9 Å². The van der Waals surface area contributed by atoms with Crippen LogP contribution in [0.25, 0.3) is 0 Å². The SMILES string of the molecule is O=C(CCl)Nc1cn[nH]c1OCC(F)F. The Hall–Kier alpha value is -1.37. The van der Waals surface area contributed by atoms with Gasteiger partial charge in [-0.3, -0.25) is 4.79 Å². The predicted octanol–water partition coefficient (Wildman–Crippen LogP) is 1.23. The topological polar surface area (TPSA) is 67.0 Å². The number of aromatic nitrogens is 2. The summed E-state index contributed by atoms with van der Waals surface area (Å²) in [7, 11) is 0. The van der Waals surface area contributed by atoms with E-state index in [9.17, 15) is 13.6 Å². The molecule has 1 heterocycles. The first kappa shape index (κ1) is 11.7. The van der Waals surface area contributed by atoms with Crippen LogP contribution in [0.3, 0.4) is 0 Å². The Labute approximate surface area is 88.7 Å². The zero-order valence-electron chi connectivity index (χ0n) is 7.47. The zero-order chi connectivity index (χ0) is 11.3. The number of hydrogen-bond donors (Lipinski definition) is 2. The van der Waals surface area contributed by atoms with Gasteiger partial charge in [-0.2, -0.15) is 5.10 Å². The zero-order valence-corrected chi connectivity index (χ0v) is 8.22. The van der Waals surface area contributed by atoms with Crippen LogP contribution in [0.4, 0.5) is 14.5 Å². The second-order valence-electron chi connectivity index (χ2n) is 2.50. The summed E-state index contributed by atoms with van der Waals surface area (Å²) < 4.78 is 28.3. The molecular formula is C7H8ClF2N3O2. The Morgan fingerprint density at radius 1 is 1.73 bits per heavy atom. The molecule has 0 unspecified atom stereocenters. The number of rotatable bonds is 5. The summed E-state index contributed by atoms with van der Waals surface area (Å²) in [5.41, 5.74) is 0.182. The summed E-state index contributed by atoms with van der Waals surface area (Å²) >= 11 is 5.25. The normalized spacial score (nSPS) is 10.4. The van der Waals surface area contributed by atoms with E-state index in [0.717, 1.165) is 0 Å². The molecule has 0 saturated carbocycles. The van der Waals surface area contributed by atoms with Crippen molar-refractivity contribution in [2.75, 3.05) is 17.8 Å². The lowest BCUT2D eigenvalue weighted by molar-refractivity contribution is -0.113. The number of H-pyrrole nitrogens is 1. The molecular weight excluding hydrogens is 232 g/mol. The molecule has 15 heavy (non-hydrogen) atoms. The van der Waals surface area contributed by atoms with E-state index in [2.05, 4.69) is 20.3 Å². The Morgan fingerprint density at radius 2 is 2.47 bits per heavy atom. The lowest BCUT2D eigenvalue weighted by Crippen LogP contribution is -2.14. The lowest BCUT2D eigenvalue weighted by atomic mass is 10.5. The maximum atomic E-state index is 11.8. The average Bonchev–Trinajstić information content (AvgIpc) is 2.62. The highest BCUT2D eigenvalue weighted by molar-refractivity contribution is 6.29. The predicted molar refractivity (Wildman–Crippen MR) is 49.4 cm³/mol. The molecule has 84 valence electrons. The van der Waals surface area contributed by atoms with Crippen LogP contribution in [0.2, 0.25) is 0 Å². The third-order valence-corrected chi connectivity index (χ3v) is 1.60. The average molecular weight is 240 g/mol. The van der Waals surface area contributed by atoms with Gasteiger partial charge < -0.3 is 10.1 Å². The molecule has 0 radical (unpaired) electrons.